The predicted octanol–water partition coefficient (Wildman–Crippen LogP) is 3.23. The minimum absolute atomic E-state index is 0.0787. The van der Waals surface area contributed by atoms with Crippen molar-refractivity contribution in [3.8, 4) is 0 Å². The summed E-state index contributed by atoms with van der Waals surface area (Å²) in [7, 11) is 0. The summed E-state index contributed by atoms with van der Waals surface area (Å²) < 4.78 is 1.02. The number of hydrogen-bond acceptors (Lipinski definition) is 7. The molecule has 0 radical (unpaired) electrons. The zero-order valence-corrected chi connectivity index (χ0v) is 16.8. The molecule has 0 bridgehead atoms. The molecule has 3 aromatic rings. The van der Waals surface area contributed by atoms with E-state index in [1.807, 2.05) is 31.2 Å². The van der Waals surface area contributed by atoms with Crippen molar-refractivity contribution < 1.29 is 4.79 Å². The van der Waals surface area contributed by atoms with Gasteiger partial charge in [-0.3, -0.25) is 4.79 Å². The summed E-state index contributed by atoms with van der Waals surface area (Å²) in [5.41, 5.74) is 3.37. The molecule has 8 heteroatoms. The third-order valence-corrected chi connectivity index (χ3v) is 5.61. The number of carbonyl (C=O) groups excluding carboxylic acids is 1. The Morgan fingerprint density at radius 3 is 2.86 bits per heavy atom. The molecule has 1 fully saturated rings. The summed E-state index contributed by atoms with van der Waals surface area (Å²) in [6, 6.07) is 7.57. The van der Waals surface area contributed by atoms with Gasteiger partial charge in [0.15, 0.2) is 0 Å². The van der Waals surface area contributed by atoms with E-state index in [0.29, 0.717) is 18.7 Å². The molecule has 0 unspecified atom stereocenters. The van der Waals surface area contributed by atoms with Crippen molar-refractivity contribution in [1.29, 1.82) is 0 Å². The van der Waals surface area contributed by atoms with Gasteiger partial charge in [-0.25, -0.2) is 15.0 Å². The Bertz CT molecular complexity index is 966. The van der Waals surface area contributed by atoms with Gasteiger partial charge < -0.3 is 15.5 Å². The minimum atomic E-state index is -0.0787. The molecule has 28 heavy (non-hydrogen) atoms. The van der Waals surface area contributed by atoms with E-state index in [-0.39, 0.29) is 5.91 Å². The SMILES string of the molecule is Cc1nc(NCCNC(=O)c2ccc3ncsc3c2)cc(N2CCCCC2)n1. The molecule has 3 heterocycles. The van der Waals surface area contributed by atoms with E-state index in [4.69, 9.17) is 0 Å². The number of rotatable bonds is 6. The molecular formula is C20H24N6OS. The van der Waals surface area contributed by atoms with Crippen LogP contribution in [0.25, 0.3) is 10.2 Å². The highest BCUT2D eigenvalue weighted by Crippen LogP contribution is 2.20. The van der Waals surface area contributed by atoms with Crippen LogP contribution in [0.3, 0.4) is 0 Å². The summed E-state index contributed by atoms with van der Waals surface area (Å²) in [6.07, 6.45) is 3.72. The number of aryl methyl sites for hydroxylation is 1. The fourth-order valence-corrected chi connectivity index (χ4v) is 4.11. The molecule has 0 atom stereocenters. The molecule has 146 valence electrons. The zero-order valence-electron chi connectivity index (χ0n) is 15.9. The van der Waals surface area contributed by atoms with E-state index in [1.165, 1.54) is 30.6 Å². The number of hydrogen-bond donors (Lipinski definition) is 2. The third kappa shape index (κ3) is 4.39. The number of amides is 1. The second-order valence-electron chi connectivity index (χ2n) is 6.92. The lowest BCUT2D eigenvalue weighted by atomic mass is 10.1. The first-order chi connectivity index (χ1) is 13.7. The van der Waals surface area contributed by atoms with E-state index < -0.39 is 0 Å². The highest BCUT2D eigenvalue weighted by atomic mass is 32.1. The highest BCUT2D eigenvalue weighted by molar-refractivity contribution is 7.16. The van der Waals surface area contributed by atoms with Gasteiger partial charge in [0.2, 0.25) is 0 Å². The van der Waals surface area contributed by atoms with Crippen molar-refractivity contribution in [3.63, 3.8) is 0 Å². The summed E-state index contributed by atoms with van der Waals surface area (Å²) in [6.45, 7) is 5.13. The fraction of sp³-hybridized carbons (Fsp3) is 0.400. The lowest BCUT2D eigenvalue weighted by Gasteiger charge is -2.28. The molecule has 1 aromatic carbocycles. The topological polar surface area (TPSA) is 83.0 Å². The molecule has 0 saturated carbocycles. The fourth-order valence-electron chi connectivity index (χ4n) is 3.39. The van der Waals surface area contributed by atoms with Gasteiger partial charge in [-0.2, -0.15) is 0 Å². The average molecular weight is 397 g/mol. The van der Waals surface area contributed by atoms with Gasteiger partial charge >= 0.3 is 0 Å². The number of anilines is 2. The lowest BCUT2D eigenvalue weighted by molar-refractivity contribution is 0.0955. The number of aromatic nitrogens is 3. The van der Waals surface area contributed by atoms with E-state index >= 15 is 0 Å². The maximum atomic E-state index is 12.3. The number of benzene rings is 1. The molecule has 2 N–H and O–H groups in total. The van der Waals surface area contributed by atoms with Crippen LogP contribution in [0.1, 0.15) is 35.4 Å². The second kappa shape index (κ2) is 8.52. The van der Waals surface area contributed by atoms with Crippen molar-refractivity contribution in [2.24, 2.45) is 0 Å². The van der Waals surface area contributed by atoms with Crippen LogP contribution in [-0.2, 0) is 0 Å². The molecule has 1 aliphatic heterocycles. The molecule has 2 aromatic heterocycles. The van der Waals surface area contributed by atoms with Crippen LogP contribution >= 0.6 is 11.3 Å². The Kier molecular flexibility index (Phi) is 5.66. The van der Waals surface area contributed by atoms with Crippen molar-refractivity contribution in [2.75, 3.05) is 36.4 Å². The third-order valence-electron chi connectivity index (χ3n) is 4.81. The quantitative estimate of drug-likeness (QED) is 0.623. The zero-order chi connectivity index (χ0) is 19.3. The second-order valence-corrected chi connectivity index (χ2v) is 7.81. The van der Waals surface area contributed by atoms with Crippen molar-refractivity contribution in [1.82, 2.24) is 20.3 Å². The van der Waals surface area contributed by atoms with E-state index in [9.17, 15) is 4.79 Å². The number of nitrogens with zero attached hydrogens (tertiary/aromatic N) is 4. The molecule has 1 aliphatic rings. The highest BCUT2D eigenvalue weighted by Gasteiger charge is 2.14. The molecule has 0 aliphatic carbocycles. The van der Waals surface area contributed by atoms with E-state index in [0.717, 1.165) is 40.8 Å². The summed E-state index contributed by atoms with van der Waals surface area (Å²) in [5, 5.41) is 6.24. The Labute approximate surface area is 168 Å². The Balaban J connectivity index is 1.31. The van der Waals surface area contributed by atoms with Crippen molar-refractivity contribution in [2.45, 2.75) is 26.2 Å². The van der Waals surface area contributed by atoms with Crippen LogP contribution < -0.4 is 15.5 Å². The van der Waals surface area contributed by atoms with Crippen molar-refractivity contribution in [3.05, 3.63) is 41.2 Å². The molecular weight excluding hydrogens is 372 g/mol. The number of nitrogens with one attached hydrogen (secondary N) is 2. The predicted molar refractivity (Wildman–Crippen MR) is 113 cm³/mol. The Morgan fingerprint density at radius 1 is 1.14 bits per heavy atom. The Morgan fingerprint density at radius 2 is 2.00 bits per heavy atom. The lowest BCUT2D eigenvalue weighted by Crippen LogP contribution is -2.31. The van der Waals surface area contributed by atoms with Crippen LogP contribution in [0, 0.1) is 6.92 Å². The van der Waals surface area contributed by atoms with Crippen LogP contribution in [0.5, 0.6) is 0 Å². The van der Waals surface area contributed by atoms with E-state index in [2.05, 4.69) is 30.5 Å². The average Bonchev–Trinajstić information content (AvgIpc) is 3.19. The molecule has 7 nitrogen and oxygen atoms in total. The van der Waals surface area contributed by atoms with Crippen LogP contribution in [0.2, 0.25) is 0 Å². The smallest absolute Gasteiger partial charge is 0.251 e. The van der Waals surface area contributed by atoms with Crippen LogP contribution in [0.4, 0.5) is 11.6 Å². The first-order valence-corrected chi connectivity index (χ1v) is 10.5. The Hall–Kier alpha value is -2.74. The molecule has 1 saturated heterocycles. The number of piperidine rings is 1. The minimum Gasteiger partial charge on any atom is -0.368 e. The number of fused-ring (bicyclic) bond motifs is 1. The number of carbonyl (C=O) groups is 1. The van der Waals surface area contributed by atoms with Gasteiger partial charge in [0.25, 0.3) is 5.91 Å². The van der Waals surface area contributed by atoms with Crippen molar-refractivity contribution >= 4 is 39.1 Å². The van der Waals surface area contributed by atoms with Gasteiger partial charge in [0, 0.05) is 37.8 Å². The first kappa shape index (κ1) is 18.6. The summed E-state index contributed by atoms with van der Waals surface area (Å²) in [5.74, 6) is 2.46. The number of thiazole rings is 1. The van der Waals surface area contributed by atoms with Gasteiger partial charge in [0.1, 0.15) is 17.5 Å². The van der Waals surface area contributed by atoms with Gasteiger partial charge in [-0.05, 0) is 44.4 Å². The van der Waals surface area contributed by atoms with Crippen LogP contribution in [0.15, 0.2) is 29.8 Å². The monoisotopic (exact) mass is 396 g/mol. The standard InChI is InChI=1S/C20H24N6OS/c1-14-24-18(12-19(25-14)26-9-3-2-4-10-26)21-7-8-22-20(27)15-5-6-16-17(11-15)28-13-23-16/h5-6,11-13H,2-4,7-10H2,1H3,(H,22,27)(H,21,24,25). The first-order valence-electron chi connectivity index (χ1n) is 9.65. The maximum Gasteiger partial charge on any atom is 0.251 e. The van der Waals surface area contributed by atoms with E-state index in [1.54, 1.807) is 5.51 Å². The molecule has 1 amide bonds. The van der Waals surface area contributed by atoms with Crippen LogP contribution in [-0.4, -0.2) is 47.0 Å². The summed E-state index contributed by atoms with van der Waals surface area (Å²) >= 11 is 1.54. The molecule has 0 spiro atoms. The van der Waals surface area contributed by atoms with Gasteiger partial charge in [-0.15, -0.1) is 11.3 Å². The van der Waals surface area contributed by atoms with Gasteiger partial charge in [-0.1, -0.05) is 0 Å². The van der Waals surface area contributed by atoms with Gasteiger partial charge in [0.05, 0.1) is 15.7 Å². The largest absolute Gasteiger partial charge is 0.368 e. The summed E-state index contributed by atoms with van der Waals surface area (Å²) in [4.78, 5) is 27.9. The molecule has 4 rings (SSSR count). The normalized spacial score (nSPS) is 14.2. The maximum absolute atomic E-state index is 12.3.